The van der Waals surface area contributed by atoms with Crippen LogP contribution in [0.5, 0.6) is 0 Å². The van der Waals surface area contributed by atoms with Gasteiger partial charge < -0.3 is 19.3 Å². The molecule has 166 valence electrons. The van der Waals surface area contributed by atoms with Gasteiger partial charge in [-0.1, -0.05) is 51.4 Å². The average molecular weight is 479 g/mol. The van der Waals surface area contributed by atoms with E-state index >= 15 is 0 Å². The second-order valence-corrected chi connectivity index (χ2v) is 8.64. The zero-order valence-electron chi connectivity index (χ0n) is 18.3. The number of imide groups is 1. The number of hydroxylamine groups is 2. The van der Waals surface area contributed by atoms with Crippen molar-refractivity contribution in [1.82, 2.24) is 5.06 Å². The number of carbonyl (C=O) groups excluding carboxylic acids is 4. The predicted molar refractivity (Wildman–Crippen MR) is 96.5 cm³/mol. The molecule has 1 saturated heterocycles. The van der Waals surface area contributed by atoms with Gasteiger partial charge in [0.1, 0.15) is 15.4 Å². The van der Waals surface area contributed by atoms with Crippen molar-refractivity contribution < 1.29 is 101 Å². The normalized spacial score (nSPS) is 15.9. The topological polar surface area (TPSA) is 161 Å². The first-order valence-electron chi connectivity index (χ1n) is 9.85. The maximum atomic E-state index is 11.7. The van der Waals surface area contributed by atoms with Gasteiger partial charge in [-0.2, -0.15) is 0 Å². The Bertz CT molecular complexity index is 700. The number of amides is 2. The molecule has 0 aromatic carbocycles. The standard InChI is InChI=1S/C18H29NO9S.2Na/c20-15-13-14(29(25,26)27)18(24)19(15)28-17(23)12-10-8-6-4-2-1-3-5-7-9-11-16(21)22;;/h14H,1-13H2,(H,21,22)(H,25,26,27);;/q;2*+1/p-2. The van der Waals surface area contributed by atoms with Crippen molar-refractivity contribution in [3.63, 3.8) is 0 Å². The Morgan fingerprint density at radius 1 is 0.871 bits per heavy atom. The SMILES string of the molecule is O=C([O-])CCCCCCCCCCCCC(=O)ON1C(=O)CC(S(=O)(=O)[O-])C1=O.[Na+].[Na+]. The van der Waals surface area contributed by atoms with Gasteiger partial charge in [-0.05, 0) is 19.3 Å². The molecule has 0 radical (unpaired) electrons. The fourth-order valence-corrected chi connectivity index (χ4v) is 3.69. The van der Waals surface area contributed by atoms with Crippen molar-refractivity contribution >= 4 is 33.9 Å². The van der Waals surface area contributed by atoms with Crippen LogP contribution in [0.1, 0.15) is 83.5 Å². The van der Waals surface area contributed by atoms with Crippen molar-refractivity contribution in [1.29, 1.82) is 0 Å². The fraction of sp³-hybridized carbons (Fsp3) is 0.778. The summed E-state index contributed by atoms with van der Waals surface area (Å²) in [5.41, 5.74) is 0. The number of unbranched alkanes of at least 4 members (excludes halogenated alkanes) is 9. The molecule has 31 heavy (non-hydrogen) atoms. The van der Waals surface area contributed by atoms with Crippen molar-refractivity contribution in [3.05, 3.63) is 0 Å². The van der Waals surface area contributed by atoms with Crippen LogP contribution >= 0.6 is 0 Å². The van der Waals surface area contributed by atoms with Gasteiger partial charge in [-0.25, -0.2) is 13.2 Å². The van der Waals surface area contributed by atoms with Crippen LogP contribution in [0.2, 0.25) is 0 Å². The van der Waals surface area contributed by atoms with Gasteiger partial charge in [-0.15, -0.1) is 5.06 Å². The van der Waals surface area contributed by atoms with E-state index in [9.17, 15) is 37.3 Å². The van der Waals surface area contributed by atoms with Crippen LogP contribution in [0.25, 0.3) is 0 Å². The molecule has 0 spiro atoms. The van der Waals surface area contributed by atoms with Gasteiger partial charge in [0.15, 0.2) is 0 Å². The quantitative estimate of drug-likeness (QED) is 0.0966. The molecule has 2 amide bonds. The summed E-state index contributed by atoms with van der Waals surface area (Å²) in [5, 5.41) is 8.31. The Balaban J connectivity index is 0. The van der Waals surface area contributed by atoms with Gasteiger partial charge in [0.05, 0.1) is 6.42 Å². The Morgan fingerprint density at radius 3 is 1.68 bits per heavy atom. The molecule has 0 saturated carbocycles. The molecular formula is C18H27NNa2O9S. The molecule has 0 aromatic rings. The molecule has 1 fully saturated rings. The van der Waals surface area contributed by atoms with Crippen LogP contribution < -0.4 is 64.2 Å². The average Bonchev–Trinajstić information content (AvgIpc) is 2.90. The molecule has 1 aliphatic rings. The van der Waals surface area contributed by atoms with Gasteiger partial charge in [0.2, 0.25) is 0 Å². The van der Waals surface area contributed by atoms with Gasteiger partial charge in [0, 0.05) is 12.4 Å². The smallest absolute Gasteiger partial charge is 0.747 e. The first-order valence-corrected chi connectivity index (χ1v) is 11.3. The molecule has 13 heteroatoms. The number of carboxylic acid groups (broad SMARTS) is 1. The number of aliphatic carboxylic acids is 1. The Labute approximate surface area is 227 Å². The van der Waals surface area contributed by atoms with Crippen LogP contribution in [-0.2, 0) is 34.1 Å². The summed E-state index contributed by atoms with van der Waals surface area (Å²) in [6.45, 7) is 0. The number of nitrogens with zero attached hydrogens (tertiary/aromatic N) is 1. The van der Waals surface area contributed by atoms with E-state index < -0.39 is 45.5 Å². The molecular weight excluding hydrogens is 452 g/mol. The van der Waals surface area contributed by atoms with E-state index in [0.717, 1.165) is 51.4 Å². The molecule has 0 N–H and O–H groups in total. The molecule has 0 aliphatic carbocycles. The van der Waals surface area contributed by atoms with E-state index in [1.807, 2.05) is 0 Å². The van der Waals surface area contributed by atoms with Gasteiger partial charge >= 0.3 is 65.1 Å². The maximum absolute atomic E-state index is 11.7. The maximum Gasteiger partial charge on any atom is 1.00 e. The summed E-state index contributed by atoms with van der Waals surface area (Å²) in [7, 11) is -4.98. The first kappa shape index (κ1) is 33.2. The molecule has 1 unspecified atom stereocenters. The molecule has 1 atom stereocenters. The van der Waals surface area contributed by atoms with Crippen LogP contribution in [0.15, 0.2) is 0 Å². The van der Waals surface area contributed by atoms with Crippen molar-refractivity contribution in [2.75, 3.05) is 0 Å². The van der Waals surface area contributed by atoms with Crippen LogP contribution in [-0.4, -0.2) is 47.0 Å². The number of carbonyl (C=O) groups is 4. The van der Waals surface area contributed by atoms with E-state index in [0.29, 0.717) is 12.8 Å². The molecule has 0 aromatic heterocycles. The van der Waals surface area contributed by atoms with Crippen LogP contribution in [0, 0.1) is 0 Å². The fourth-order valence-electron chi connectivity index (χ4n) is 3.00. The Morgan fingerprint density at radius 2 is 1.29 bits per heavy atom. The zero-order valence-corrected chi connectivity index (χ0v) is 23.1. The van der Waals surface area contributed by atoms with E-state index in [1.165, 1.54) is 0 Å². The third-order valence-electron chi connectivity index (χ3n) is 4.62. The summed E-state index contributed by atoms with van der Waals surface area (Å²) in [6, 6.07) is 0. The third kappa shape index (κ3) is 14.0. The van der Waals surface area contributed by atoms with E-state index in [1.54, 1.807) is 0 Å². The summed E-state index contributed by atoms with van der Waals surface area (Å²) >= 11 is 0. The van der Waals surface area contributed by atoms with Gasteiger partial charge in [0.25, 0.3) is 11.8 Å². The summed E-state index contributed by atoms with van der Waals surface area (Å²) in [6.07, 6.45) is 8.17. The second kappa shape index (κ2) is 17.5. The number of hydrogen-bond donors (Lipinski definition) is 0. The van der Waals surface area contributed by atoms with Crippen molar-refractivity contribution in [3.8, 4) is 0 Å². The Kier molecular flexibility index (Phi) is 18.7. The van der Waals surface area contributed by atoms with Gasteiger partial charge in [-0.3, -0.25) is 9.59 Å². The predicted octanol–water partition coefficient (Wildman–Crippen LogP) is -5.44. The third-order valence-corrected chi connectivity index (χ3v) is 5.68. The summed E-state index contributed by atoms with van der Waals surface area (Å²) in [5.74, 6) is -4.18. The summed E-state index contributed by atoms with van der Waals surface area (Å²) in [4.78, 5) is 49.9. The monoisotopic (exact) mass is 479 g/mol. The second-order valence-electron chi connectivity index (χ2n) is 7.08. The minimum atomic E-state index is -4.98. The minimum Gasteiger partial charge on any atom is -0.747 e. The zero-order chi connectivity index (χ0) is 21.9. The summed E-state index contributed by atoms with van der Waals surface area (Å²) < 4.78 is 32.7. The van der Waals surface area contributed by atoms with Crippen LogP contribution in [0.3, 0.4) is 0 Å². The first-order chi connectivity index (χ1) is 13.6. The van der Waals surface area contributed by atoms with E-state index in [-0.39, 0.29) is 77.0 Å². The number of carboxylic acids is 1. The number of hydrogen-bond acceptors (Lipinski definition) is 9. The van der Waals surface area contributed by atoms with Crippen molar-refractivity contribution in [2.45, 2.75) is 88.7 Å². The Hall–Kier alpha value is -0.0100. The van der Waals surface area contributed by atoms with Crippen LogP contribution in [0.4, 0.5) is 0 Å². The van der Waals surface area contributed by atoms with E-state index in [2.05, 4.69) is 4.84 Å². The molecule has 1 heterocycles. The molecule has 1 rings (SSSR count). The minimum absolute atomic E-state index is 0. The number of rotatable bonds is 15. The molecule has 10 nitrogen and oxygen atoms in total. The van der Waals surface area contributed by atoms with E-state index in [4.69, 9.17) is 0 Å². The largest absolute Gasteiger partial charge is 1.00 e. The molecule has 0 bridgehead atoms. The van der Waals surface area contributed by atoms with Crippen molar-refractivity contribution in [2.24, 2.45) is 0 Å². The molecule has 1 aliphatic heterocycles.